The summed E-state index contributed by atoms with van der Waals surface area (Å²) in [4.78, 5) is 18.3. The quantitative estimate of drug-likeness (QED) is 0.302. The minimum atomic E-state index is -4.16. The number of likely N-dealkylation sites (tertiary alicyclic amines) is 1. The number of piperidine rings is 1. The van der Waals surface area contributed by atoms with Crippen molar-refractivity contribution in [3.8, 4) is 0 Å². The average Bonchev–Trinajstić information content (AvgIpc) is 3.21. The number of carbonyl (C=O) groups excluding carboxylic acids is 1. The van der Waals surface area contributed by atoms with Crippen LogP contribution < -0.4 is 10.5 Å². The van der Waals surface area contributed by atoms with Gasteiger partial charge in [-0.2, -0.15) is 0 Å². The van der Waals surface area contributed by atoms with Gasteiger partial charge in [-0.1, -0.05) is 47.2 Å². The number of anilines is 1. The Balaban J connectivity index is 1.44. The highest BCUT2D eigenvalue weighted by molar-refractivity contribution is 7.89. The number of sulfonamides is 1. The van der Waals surface area contributed by atoms with Gasteiger partial charge in [-0.05, 0) is 51.0 Å². The minimum Gasteiger partial charge on any atom is -0.385 e. The molecule has 1 aromatic heterocycles. The van der Waals surface area contributed by atoms with E-state index < -0.39 is 21.4 Å². The molecular formula is C25H26ClFN4O4S2. The number of nitrogen functional groups attached to an aromatic ring is 1. The molecule has 0 aliphatic carbocycles. The second kappa shape index (κ2) is 10.4. The van der Waals surface area contributed by atoms with Crippen molar-refractivity contribution in [2.75, 3.05) is 18.8 Å². The number of allylic oxidation sites excluding steroid dienone is 3. The van der Waals surface area contributed by atoms with Crippen LogP contribution in [0.15, 0.2) is 64.7 Å². The van der Waals surface area contributed by atoms with Gasteiger partial charge in [-0.3, -0.25) is 9.52 Å². The fourth-order valence-corrected chi connectivity index (χ4v) is 6.69. The van der Waals surface area contributed by atoms with Crippen LogP contribution in [0.2, 0.25) is 5.02 Å². The molecule has 0 radical (unpaired) electrons. The molecule has 196 valence electrons. The molecule has 2 heterocycles. The van der Waals surface area contributed by atoms with E-state index in [0.717, 1.165) is 17.4 Å². The molecule has 0 unspecified atom stereocenters. The van der Waals surface area contributed by atoms with E-state index in [-0.39, 0.29) is 27.1 Å². The predicted molar refractivity (Wildman–Crippen MR) is 143 cm³/mol. The highest BCUT2D eigenvalue weighted by Gasteiger charge is 2.36. The van der Waals surface area contributed by atoms with E-state index in [1.807, 2.05) is 6.07 Å². The summed E-state index contributed by atoms with van der Waals surface area (Å²) in [5, 5.41) is 11.7. The van der Waals surface area contributed by atoms with Gasteiger partial charge in [-0.25, -0.2) is 17.8 Å². The van der Waals surface area contributed by atoms with E-state index in [4.69, 9.17) is 17.3 Å². The zero-order chi connectivity index (χ0) is 27.0. The largest absolute Gasteiger partial charge is 0.385 e. The summed E-state index contributed by atoms with van der Waals surface area (Å²) in [5.41, 5.74) is 5.92. The SMILES string of the molecule is CC(=CC=C(C)C(=O)N1CCC(O)(c2ccccc2Cl)CC1)NS(=O)(=O)c1cc(F)cc2sc(N)nc12. The fourth-order valence-electron chi connectivity index (χ4n) is 4.25. The standard InChI is InChI=1S/C25H26ClFN4O4S2/c1-15(23(32)31-11-9-25(33,10-12-31)18-5-3-4-6-19(18)26)7-8-16(2)30-37(34,35)21-14-17(27)13-20-22(21)29-24(28)36-20/h3-8,13-14,30,33H,9-12H2,1-2H3,(H2,28,29). The van der Waals surface area contributed by atoms with E-state index in [0.29, 0.717) is 46.8 Å². The molecule has 37 heavy (non-hydrogen) atoms. The number of hydrogen-bond donors (Lipinski definition) is 3. The van der Waals surface area contributed by atoms with Gasteiger partial charge in [0.1, 0.15) is 16.2 Å². The van der Waals surface area contributed by atoms with Crippen LogP contribution in [0.3, 0.4) is 0 Å². The van der Waals surface area contributed by atoms with Gasteiger partial charge in [0, 0.05) is 34.9 Å². The van der Waals surface area contributed by atoms with E-state index in [1.54, 1.807) is 30.0 Å². The van der Waals surface area contributed by atoms with Crippen molar-refractivity contribution in [1.29, 1.82) is 0 Å². The van der Waals surface area contributed by atoms with Crippen LogP contribution in [0.25, 0.3) is 10.2 Å². The molecule has 1 aliphatic rings. The molecule has 4 rings (SSSR count). The molecule has 3 aromatic rings. The summed E-state index contributed by atoms with van der Waals surface area (Å²) in [7, 11) is -4.16. The monoisotopic (exact) mass is 564 g/mol. The third kappa shape index (κ3) is 5.80. The number of rotatable bonds is 6. The maximum atomic E-state index is 14.0. The number of fused-ring (bicyclic) bond motifs is 1. The normalized spacial score (nSPS) is 16.7. The van der Waals surface area contributed by atoms with Gasteiger partial charge < -0.3 is 15.7 Å². The lowest BCUT2D eigenvalue weighted by Crippen LogP contribution is -2.45. The van der Waals surface area contributed by atoms with Crippen LogP contribution in [-0.2, 0) is 20.4 Å². The molecule has 1 saturated heterocycles. The summed E-state index contributed by atoms with van der Waals surface area (Å²) in [6.45, 7) is 3.83. The molecular weight excluding hydrogens is 539 g/mol. The Bertz CT molecular complexity index is 1530. The van der Waals surface area contributed by atoms with Gasteiger partial charge in [0.2, 0.25) is 5.91 Å². The summed E-state index contributed by atoms with van der Waals surface area (Å²) in [5.74, 6) is -0.944. The van der Waals surface area contributed by atoms with Crippen molar-refractivity contribution in [1.82, 2.24) is 14.6 Å². The number of halogens is 2. The molecule has 0 atom stereocenters. The molecule has 2 aromatic carbocycles. The van der Waals surface area contributed by atoms with Crippen molar-refractivity contribution in [3.63, 3.8) is 0 Å². The third-order valence-electron chi connectivity index (χ3n) is 6.20. The topological polar surface area (TPSA) is 126 Å². The number of benzene rings is 2. The highest BCUT2D eigenvalue weighted by Crippen LogP contribution is 2.37. The molecule has 0 bridgehead atoms. The molecule has 1 amide bonds. The van der Waals surface area contributed by atoms with Crippen LogP contribution >= 0.6 is 22.9 Å². The van der Waals surface area contributed by atoms with Crippen molar-refractivity contribution in [3.05, 3.63) is 76.2 Å². The molecule has 1 fully saturated rings. The molecule has 8 nitrogen and oxygen atoms in total. The number of carbonyl (C=O) groups is 1. The van der Waals surface area contributed by atoms with Gasteiger partial charge in [0.25, 0.3) is 10.0 Å². The number of aromatic nitrogens is 1. The van der Waals surface area contributed by atoms with Crippen molar-refractivity contribution in [2.45, 2.75) is 37.2 Å². The van der Waals surface area contributed by atoms with Crippen LogP contribution in [-0.4, -0.2) is 42.4 Å². The number of nitrogens with zero attached hydrogens (tertiary/aromatic N) is 2. The summed E-state index contributed by atoms with van der Waals surface area (Å²) >= 11 is 7.25. The number of amides is 1. The lowest BCUT2D eigenvalue weighted by atomic mass is 9.84. The first-order valence-electron chi connectivity index (χ1n) is 11.4. The number of nitrogens with two attached hydrogens (primary N) is 1. The van der Waals surface area contributed by atoms with Crippen LogP contribution in [0.5, 0.6) is 0 Å². The second-order valence-corrected chi connectivity index (χ2v) is 12.0. The van der Waals surface area contributed by atoms with Crippen LogP contribution in [0.4, 0.5) is 9.52 Å². The molecule has 12 heteroatoms. The summed E-state index contributed by atoms with van der Waals surface area (Å²) in [6, 6.07) is 9.20. The Kier molecular flexibility index (Phi) is 7.61. The fraction of sp³-hybridized carbons (Fsp3) is 0.280. The van der Waals surface area contributed by atoms with E-state index in [9.17, 15) is 22.7 Å². The number of nitrogens with one attached hydrogen (secondary N) is 1. The minimum absolute atomic E-state index is 0.0907. The second-order valence-electron chi connectivity index (χ2n) is 8.91. The van der Waals surface area contributed by atoms with E-state index >= 15 is 0 Å². The molecule has 0 saturated carbocycles. The Labute approximate surface area is 223 Å². The lowest BCUT2D eigenvalue weighted by molar-refractivity contribution is -0.131. The first-order chi connectivity index (χ1) is 17.4. The zero-order valence-corrected chi connectivity index (χ0v) is 22.6. The Morgan fingerprint density at radius 3 is 2.59 bits per heavy atom. The number of thiazole rings is 1. The van der Waals surface area contributed by atoms with Crippen molar-refractivity contribution >= 4 is 54.2 Å². The molecule has 4 N–H and O–H groups in total. The first-order valence-corrected chi connectivity index (χ1v) is 14.1. The lowest BCUT2D eigenvalue weighted by Gasteiger charge is -2.39. The summed E-state index contributed by atoms with van der Waals surface area (Å²) < 4.78 is 42.6. The summed E-state index contributed by atoms with van der Waals surface area (Å²) in [6.07, 6.45) is 3.65. The average molecular weight is 565 g/mol. The highest BCUT2D eigenvalue weighted by atomic mass is 35.5. The Hall–Kier alpha value is -2.99. The number of aliphatic hydroxyl groups is 1. The van der Waals surface area contributed by atoms with Crippen LogP contribution in [0, 0.1) is 5.82 Å². The predicted octanol–water partition coefficient (Wildman–Crippen LogP) is 4.31. The Morgan fingerprint density at radius 2 is 1.92 bits per heavy atom. The van der Waals surface area contributed by atoms with Crippen molar-refractivity contribution in [2.24, 2.45) is 0 Å². The maximum Gasteiger partial charge on any atom is 0.263 e. The molecule has 1 aliphatic heterocycles. The Morgan fingerprint density at radius 1 is 1.24 bits per heavy atom. The first kappa shape index (κ1) is 27.1. The molecule has 0 spiro atoms. The zero-order valence-electron chi connectivity index (χ0n) is 20.2. The number of hydrogen-bond acceptors (Lipinski definition) is 7. The van der Waals surface area contributed by atoms with Gasteiger partial charge in [0.15, 0.2) is 5.13 Å². The van der Waals surface area contributed by atoms with Crippen molar-refractivity contribution < 1.29 is 22.7 Å². The maximum absolute atomic E-state index is 14.0. The van der Waals surface area contributed by atoms with E-state index in [1.165, 1.54) is 25.1 Å². The smallest absolute Gasteiger partial charge is 0.263 e. The van der Waals surface area contributed by atoms with Crippen LogP contribution in [0.1, 0.15) is 32.3 Å². The van der Waals surface area contributed by atoms with Gasteiger partial charge in [0.05, 0.1) is 10.3 Å². The third-order valence-corrected chi connectivity index (χ3v) is 8.84. The van der Waals surface area contributed by atoms with E-state index in [2.05, 4.69) is 9.71 Å². The van der Waals surface area contributed by atoms with Gasteiger partial charge >= 0.3 is 0 Å². The van der Waals surface area contributed by atoms with Gasteiger partial charge in [-0.15, -0.1) is 0 Å².